The summed E-state index contributed by atoms with van der Waals surface area (Å²) in [5.74, 6) is 0.873. The summed E-state index contributed by atoms with van der Waals surface area (Å²) in [5.41, 5.74) is 3.46. The number of benzene rings is 1. The maximum absolute atomic E-state index is 12.9. The van der Waals surface area contributed by atoms with Crippen LogP contribution < -0.4 is 5.32 Å². The quantitative estimate of drug-likeness (QED) is 0.851. The normalized spacial score (nSPS) is 29.6. The van der Waals surface area contributed by atoms with Crippen molar-refractivity contribution in [1.29, 1.82) is 0 Å². The Bertz CT molecular complexity index is 562. The van der Waals surface area contributed by atoms with E-state index in [0.717, 1.165) is 25.2 Å². The zero-order valence-electron chi connectivity index (χ0n) is 12.1. The maximum atomic E-state index is 12.9. The molecule has 0 bridgehead atoms. The molecule has 20 heavy (non-hydrogen) atoms. The molecule has 2 heterocycles. The van der Waals surface area contributed by atoms with E-state index in [1.165, 1.54) is 36.8 Å². The van der Waals surface area contributed by atoms with E-state index >= 15 is 0 Å². The Morgan fingerprint density at radius 3 is 2.90 bits per heavy atom. The molecule has 1 saturated heterocycles. The number of fused-ring (bicyclic) bond motifs is 3. The van der Waals surface area contributed by atoms with E-state index in [4.69, 9.17) is 0 Å². The van der Waals surface area contributed by atoms with Crippen molar-refractivity contribution in [2.24, 2.45) is 0 Å². The largest absolute Gasteiger partial charge is 0.327 e. The Labute approximate surface area is 120 Å². The van der Waals surface area contributed by atoms with Gasteiger partial charge in [0.05, 0.1) is 5.54 Å². The molecule has 2 fully saturated rings. The molecule has 0 aromatic heterocycles. The number of nitrogens with one attached hydrogen (secondary N) is 1. The molecule has 1 aromatic carbocycles. The second kappa shape index (κ2) is 4.32. The Morgan fingerprint density at radius 2 is 2.10 bits per heavy atom. The fourth-order valence-electron chi connectivity index (χ4n) is 4.40. The second-order valence-electron chi connectivity index (χ2n) is 6.66. The Hall–Kier alpha value is -1.35. The average molecular weight is 270 g/mol. The zero-order chi connectivity index (χ0) is 13.7. The van der Waals surface area contributed by atoms with Gasteiger partial charge in [-0.2, -0.15) is 0 Å². The topological polar surface area (TPSA) is 32.3 Å². The van der Waals surface area contributed by atoms with Gasteiger partial charge in [0.15, 0.2) is 0 Å². The number of hydrogen-bond donors (Lipinski definition) is 1. The lowest BCUT2D eigenvalue weighted by molar-refractivity contribution is 0.0510. The standard InChI is InChI=1S/C17H22N2O/c1-17-11-18-9-10-19(17)16(20)15-13(7-4-8-14(15)17)12-5-2-3-6-12/h4,7-8,12,18H,2-3,5-6,9-11H2,1H3/t17-/m0/s1. The minimum Gasteiger partial charge on any atom is -0.327 e. The summed E-state index contributed by atoms with van der Waals surface area (Å²) in [7, 11) is 0. The van der Waals surface area contributed by atoms with Gasteiger partial charge in [-0.3, -0.25) is 4.79 Å². The number of rotatable bonds is 1. The summed E-state index contributed by atoms with van der Waals surface area (Å²) in [6.07, 6.45) is 5.12. The molecule has 3 nitrogen and oxygen atoms in total. The molecule has 0 unspecified atom stereocenters. The summed E-state index contributed by atoms with van der Waals surface area (Å²) in [6.45, 7) is 4.82. The molecule has 1 aliphatic carbocycles. The molecule has 3 heteroatoms. The van der Waals surface area contributed by atoms with E-state index in [2.05, 4.69) is 35.3 Å². The van der Waals surface area contributed by atoms with Crippen molar-refractivity contribution in [2.75, 3.05) is 19.6 Å². The molecule has 0 radical (unpaired) electrons. The van der Waals surface area contributed by atoms with Crippen molar-refractivity contribution >= 4 is 5.91 Å². The van der Waals surface area contributed by atoms with Crippen molar-refractivity contribution in [1.82, 2.24) is 10.2 Å². The highest BCUT2D eigenvalue weighted by Crippen LogP contribution is 2.45. The first-order valence-corrected chi connectivity index (χ1v) is 7.88. The second-order valence-corrected chi connectivity index (χ2v) is 6.66. The van der Waals surface area contributed by atoms with Crippen LogP contribution >= 0.6 is 0 Å². The molecule has 4 rings (SSSR count). The fraction of sp³-hybridized carbons (Fsp3) is 0.588. The van der Waals surface area contributed by atoms with E-state index in [1.54, 1.807) is 0 Å². The van der Waals surface area contributed by atoms with Gasteiger partial charge in [0.1, 0.15) is 0 Å². The maximum Gasteiger partial charge on any atom is 0.255 e. The molecule has 3 aliphatic rings. The lowest BCUT2D eigenvalue weighted by atomic mass is 9.85. The highest BCUT2D eigenvalue weighted by Gasteiger charge is 2.48. The first kappa shape index (κ1) is 12.4. The summed E-state index contributed by atoms with van der Waals surface area (Å²) >= 11 is 0. The molecule has 0 spiro atoms. The van der Waals surface area contributed by atoms with E-state index in [9.17, 15) is 4.79 Å². The number of carbonyl (C=O) groups excluding carboxylic acids is 1. The molecule has 2 aliphatic heterocycles. The summed E-state index contributed by atoms with van der Waals surface area (Å²) in [6, 6.07) is 6.52. The lowest BCUT2D eigenvalue weighted by Crippen LogP contribution is -2.55. The van der Waals surface area contributed by atoms with Gasteiger partial charge in [0.25, 0.3) is 5.91 Å². The first-order valence-electron chi connectivity index (χ1n) is 7.88. The third-order valence-electron chi connectivity index (χ3n) is 5.51. The predicted molar refractivity (Wildman–Crippen MR) is 78.9 cm³/mol. The Kier molecular flexibility index (Phi) is 2.68. The van der Waals surface area contributed by atoms with Crippen molar-refractivity contribution in [3.8, 4) is 0 Å². The molecule has 1 saturated carbocycles. The van der Waals surface area contributed by atoms with Crippen molar-refractivity contribution in [3.63, 3.8) is 0 Å². The van der Waals surface area contributed by atoms with Gasteiger partial charge in [0, 0.05) is 25.2 Å². The average Bonchev–Trinajstić information content (AvgIpc) is 3.06. The van der Waals surface area contributed by atoms with Crippen LogP contribution in [0.5, 0.6) is 0 Å². The van der Waals surface area contributed by atoms with Crippen molar-refractivity contribution in [3.05, 3.63) is 34.9 Å². The van der Waals surface area contributed by atoms with Gasteiger partial charge in [-0.25, -0.2) is 0 Å². The van der Waals surface area contributed by atoms with Crippen LogP contribution in [0.2, 0.25) is 0 Å². The molecule has 106 valence electrons. The number of piperazine rings is 1. The molecule has 1 aromatic rings. The Morgan fingerprint density at radius 1 is 1.30 bits per heavy atom. The van der Waals surface area contributed by atoms with Gasteiger partial charge >= 0.3 is 0 Å². The minimum atomic E-state index is -0.140. The number of amides is 1. The van der Waals surface area contributed by atoms with Crippen molar-refractivity contribution in [2.45, 2.75) is 44.1 Å². The minimum absolute atomic E-state index is 0.140. The van der Waals surface area contributed by atoms with Gasteiger partial charge < -0.3 is 10.2 Å². The summed E-state index contributed by atoms with van der Waals surface area (Å²) in [4.78, 5) is 15.0. The van der Waals surface area contributed by atoms with Gasteiger partial charge in [-0.15, -0.1) is 0 Å². The molecule has 1 amide bonds. The lowest BCUT2D eigenvalue weighted by Gasteiger charge is -2.40. The van der Waals surface area contributed by atoms with Crippen LogP contribution in [0.3, 0.4) is 0 Å². The summed E-state index contributed by atoms with van der Waals surface area (Å²) in [5, 5.41) is 3.45. The highest BCUT2D eigenvalue weighted by atomic mass is 16.2. The highest BCUT2D eigenvalue weighted by molar-refractivity contribution is 6.01. The van der Waals surface area contributed by atoms with Crippen LogP contribution in [0.1, 0.15) is 60.0 Å². The van der Waals surface area contributed by atoms with Gasteiger partial charge in [-0.05, 0) is 36.8 Å². The van der Waals surface area contributed by atoms with Crippen LogP contribution in [-0.4, -0.2) is 30.4 Å². The fourth-order valence-corrected chi connectivity index (χ4v) is 4.40. The van der Waals surface area contributed by atoms with E-state index < -0.39 is 0 Å². The van der Waals surface area contributed by atoms with Crippen LogP contribution in [0.25, 0.3) is 0 Å². The third-order valence-corrected chi connectivity index (χ3v) is 5.51. The first-order chi connectivity index (χ1) is 9.72. The smallest absolute Gasteiger partial charge is 0.255 e. The van der Waals surface area contributed by atoms with E-state index in [1.807, 2.05) is 0 Å². The van der Waals surface area contributed by atoms with E-state index in [-0.39, 0.29) is 11.4 Å². The number of nitrogens with zero attached hydrogens (tertiary/aromatic N) is 1. The van der Waals surface area contributed by atoms with Gasteiger partial charge in [-0.1, -0.05) is 31.0 Å². The third kappa shape index (κ3) is 1.53. The predicted octanol–water partition coefficient (Wildman–Crippen LogP) is 2.62. The SMILES string of the molecule is C[C@@]12CNCCN1C(=O)c1c(C3CCCC3)cccc12. The van der Waals surface area contributed by atoms with E-state index in [0.29, 0.717) is 5.92 Å². The Balaban J connectivity index is 1.86. The van der Waals surface area contributed by atoms with Crippen LogP contribution in [-0.2, 0) is 5.54 Å². The van der Waals surface area contributed by atoms with Gasteiger partial charge in [0.2, 0.25) is 0 Å². The molecular formula is C17H22N2O. The molecule has 1 atom stereocenters. The zero-order valence-corrected chi connectivity index (χ0v) is 12.1. The van der Waals surface area contributed by atoms with Crippen LogP contribution in [0.4, 0.5) is 0 Å². The monoisotopic (exact) mass is 270 g/mol. The van der Waals surface area contributed by atoms with Crippen LogP contribution in [0, 0.1) is 0 Å². The molecular weight excluding hydrogens is 248 g/mol. The number of carbonyl (C=O) groups is 1. The van der Waals surface area contributed by atoms with Crippen LogP contribution in [0.15, 0.2) is 18.2 Å². The molecule has 1 N–H and O–H groups in total. The number of hydrogen-bond acceptors (Lipinski definition) is 2. The summed E-state index contributed by atoms with van der Waals surface area (Å²) < 4.78 is 0. The van der Waals surface area contributed by atoms with Crippen molar-refractivity contribution < 1.29 is 4.79 Å².